The summed E-state index contributed by atoms with van der Waals surface area (Å²) in [5, 5.41) is 4.21. The lowest BCUT2D eigenvalue weighted by Crippen LogP contribution is -2.55. The number of carbonyl (C=O) groups is 2. The Balaban J connectivity index is 1.68. The number of piperidine rings is 1. The molecule has 0 bridgehead atoms. The van der Waals surface area contributed by atoms with Crippen molar-refractivity contribution in [2.24, 2.45) is 0 Å². The van der Waals surface area contributed by atoms with Crippen LogP contribution in [-0.4, -0.2) is 40.1 Å². The number of aromatic amines is 1. The van der Waals surface area contributed by atoms with Crippen LogP contribution in [-0.2, 0) is 16.0 Å². The van der Waals surface area contributed by atoms with E-state index in [2.05, 4.69) is 22.4 Å². The fraction of sp³-hybridized carbons (Fsp3) is 0.500. The molecule has 3 heterocycles. The normalized spacial score (nSPS) is 22.7. The first-order chi connectivity index (χ1) is 12.3. The minimum absolute atomic E-state index is 0.154. The van der Waals surface area contributed by atoms with Crippen LogP contribution in [0.3, 0.4) is 0 Å². The summed E-state index contributed by atoms with van der Waals surface area (Å²) in [5.74, 6) is 0.154. The van der Waals surface area contributed by atoms with Crippen LogP contribution in [0.1, 0.15) is 50.9 Å². The van der Waals surface area contributed by atoms with Crippen LogP contribution in [0.15, 0.2) is 24.3 Å². The predicted molar refractivity (Wildman–Crippen MR) is 98.8 cm³/mol. The molecule has 2 aliphatic heterocycles. The monoisotopic (exact) mass is 355 g/mol. The molecular weight excluding hydrogens is 330 g/mol. The Hall–Kier alpha value is -2.50. The number of carbonyl (C=O) groups excluding carboxylic acids is 2. The van der Waals surface area contributed by atoms with Crippen molar-refractivity contribution in [2.75, 3.05) is 6.54 Å². The summed E-state index contributed by atoms with van der Waals surface area (Å²) in [5.41, 5.74) is 2.83. The molecule has 2 N–H and O–H groups in total. The second kappa shape index (κ2) is 6.04. The largest absolute Gasteiger partial charge is 0.444 e. The van der Waals surface area contributed by atoms with E-state index in [-0.39, 0.29) is 18.0 Å². The van der Waals surface area contributed by atoms with E-state index < -0.39 is 11.7 Å². The molecule has 138 valence electrons. The van der Waals surface area contributed by atoms with Crippen LogP contribution in [0, 0.1) is 0 Å². The zero-order chi connectivity index (χ0) is 18.5. The zero-order valence-electron chi connectivity index (χ0n) is 15.5. The molecule has 2 amide bonds. The van der Waals surface area contributed by atoms with Crippen LogP contribution in [0.5, 0.6) is 0 Å². The first kappa shape index (κ1) is 16.9. The van der Waals surface area contributed by atoms with Crippen LogP contribution in [0.2, 0.25) is 0 Å². The van der Waals surface area contributed by atoms with Gasteiger partial charge in [0.15, 0.2) is 0 Å². The van der Waals surface area contributed by atoms with E-state index in [1.165, 1.54) is 10.9 Å². The van der Waals surface area contributed by atoms with Gasteiger partial charge in [-0.1, -0.05) is 18.2 Å². The SMILES string of the molecule is CC(C)(C)OC(=O)N[C@H]1CCC(=O)N2CCc3c([nH]c4ccccc34)[C@@H]12. The molecule has 4 rings (SSSR count). The minimum Gasteiger partial charge on any atom is -0.444 e. The molecule has 2 atom stereocenters. The Kier molecular flexibility index (Phi) is 3.93. The first-order valence-electron chi connectivity index (χ1n) is 9.22. The van der Waals surface area contributed by atoms with Crippen LogP contribution < -0.4 is 5.32 Å². The number of hydrogen-bond donors (Lipinski definition) is 2. The van der Waals surface area contributed by atoms with Gasteiger partial charge in [0.2, 0.25) is 5.91 Å². The van der Waals surface area contributed by atoms with E-state index in [0.717, 1.165) is 17.6 Å². The second-order valence-corrected chi connectivity index (χ2v) is 8.14. The lowest BCUT2D eigenvalue weighted by Gasteiger charge is -2.44. The standard InChI is InChI=1S/C20H25N3O3/c1-20(2,3)26-19(25)22-15-8-9-16(24)23-11-10-13-12-6-4-5-7-14(12)21-17(13)18(15)23/h4-7,15,18,21H,8-11H2,1-3H3,(H,22,25)/t15-,18+/m0/s1. The van der Waals surface area contributed by atoms with Gasteiger partial charge in [-0.05, 0) is 45.2 Å². The maximum atomic E-state index is 12.5. The smallest absolute Gasteiger partial charge is 0.407 e. The highest BCUT2D eigenvalue weighted by Gasteiger charge is 2.42. The van der Waals surface area contributed by atoms with Crippen molar-refractivity contribution >= 4 is 22.9 Å². The number of H-pyrrole nitrogens is 1. The Labute approximate surface area is 152 Å². The molecule has 1 fully saturated rings. The topological polar surface area (TPSA) is 74.4 Å². The van der Waals surface area contributed by atoms with E-state index in [4.69, 9.17) is 4.74 Å². The van der Waals surface area contributed by atoms with Gasteiger partial charge in [0.1, 0.15) is 5.60 Å². The highest BCUT2D eigenvalue weighted by molar-refractivity contribution is 5.86. The average molecular weight is 355 g/mol. The fourth-order valence-corrected chi connectivity index (χ4v) is 4.16. The molecular formula is C20H25N3O3. The van der Waals surface area contributed by atoms with Crippen LogP contribution in [0.4, 0.5) is 4.79 Å². The summed E-state index contributed by atoms with van der Waals surface area (Å²) in [7, 11) is 0. The van der Waals surface area contributed by atoms with Gasteiger partial charge in [-0.25, -0.2) is 4.79 Å². The van der Waals surface area contributed by atoms with Gasteiger partial charge in [-0.15, -0.1) is 0 Å². The molecule has 0 radical (unpaired) electrons. The van der Waals surface area contributed by atoms with Gasteiger partial charge in [-0.3, -0.25) is 4.79 Å². The molecule has 0 spiro atoms. The average Bonchev–Trinajstić information content (AvgIpc) is 2.94. The molecule has 1 saturated heterocycles. The van der Waals surface area contributed by atoms with Crippen LogP contribution >= 0.6 is 0 Å². The predicted octanol–water partition coefficient (Wildman–Crippen LogP) is 3.28. The van der Waals surface area contributed by atoms with E-state index in [1.807, 2.05) is 37.8 Å². The molecule has 2 aliphatic rings. The van der Waals surface area contributed by atoms with Crippen molar-refractivity contribution in [3.8, 4) is 0 Å². The summed E-state index contributed by atoms with van der Waals surface area (Å²) in [6.45, 7) is 6.23. The lowest BCUT2D eigenvalue weighted by atomic mass is 9.87. The molecule has 26 heavy (non-hydrogen) atoms. The van der Waals surface area contributed by atoms with E-state index >= 15 is 0 Å². The van der Waals surface area contributed by atoms with Crippen molar-refractivity contribution in [2.45, 2.75) is 57.7 Å². The fourth-order valence-electron chi connectivity index (χ4n) is 4.16. The van der Waals surface area contributed by atoms with Crippen molar-refractivity contribution < 1.29 is 14.3 Å². The number of hydrogen-bond acceptors (Lipinski definition) is 3. The minimum atomic E-state index is -0.549. The van der Waals surface area contributed by atoms with E-state index in [1.54, 1.807) is 0 Å². The highest BCUT2D eigenvalue weighted by atomic mass is 16.6. The summed E-state index contributed by atoms with van der Waals surface area (Å²) in [4.78, 5) is 30.2. The summed E-state index contributed by atoms with van der Waals surface area (Å²) in [6, 6.07) is 7.88. The Morgan fingerprint density at radius 3 is 2.81 bits per heavy atom. The third kappa shape index (κ3) is 2.93. The van der Waals surface area contributed by atoms with Gasteiger partial charge in [-0.2, -0.15) is 0 Å². The lowest BCUT2D eigenvalue weighted by molar-refractivity contribution is -0.138. The third-order valence-corrected chi connectivity index (χ3v) is 5.15. The summed E-state index contributed by atoms with van der Waals surface area (Å²) < 4.78 is 5.43. The van der Waals surface area contributed by atoms with Crippen molar-refractivity contribution in [3.63, 3.8) is 0 Å². The number of ether oxygens (including phenoxy) is 1. The van der Waals surface area contributed by atoms with Crippen molar-refractivity contribution in [1.82, 2.24) is 15.2 Å². The number of fused-ring (bicyclic) bond motifs is 5. The molecule has 6 nitrogen and oxygen atoms in total. The Bertz CT molecular complexity index is 865. The number of nitrogens with zero attached hydrogens (tertiary/aromatic N) is 1. The van der Waals surface area contributed by atoms with Gasteiger partial charge in [0.05, 0.1) is 12.1 Å². The molecule has 2 aromatic rings. The quantitative estimate of drug-likeness (QED) is 0.824. The number of amides is 2. The highest BCUT2D eigenvalue weighted by Crippen LogP contribution is 2.40. The van der Waals surface area contributed by atoms with E-state index in [9.17, 15) is 9.59 Å². The molecule has 6 heteroatoms. The number of benzene rings is 1. The number of aromatic nitrogens is 1. The summed E-state index contributed by atoms with van der Waals surface area (Å²) in [6.07, 6.45) is 1.47. The van der Waals surface area contributed by atoms with Crippen molar-refractivity contribution in [1.29, 1.82) is 0 Å². The van der Waals surface area contributed by atoms with Gasteiger partial charge >= 0.3 is 6.09 Å². The van der Waals surface area contributed by atoms with Crippen molar-refractivity contribution in [3.05, 3.63) is 35.5 Å². The first-order valence-corrected chi connectivity index (χ1v) is 9.22. The summed E-state index contributed by atoms with van der Waals surface area (Å²) >= 11 is 0. The van der Waals surface area contributed by atoms with Gasteiger partial charge < -0.3 is 19.9 Å². The maximum Gasteiger partial charge on any atom is 0.407 e. The molecule has 1 aromatic heterocycles. The number of alkyl carbamates (subject to hydrolysis) is 1. The van der Waals surface area contributed by atoms with E-state index in [0.29, 0.717) is 19.4 Å². The Morgan fingerprint density at radius 1 is 1.27 bits per heavy atom. The second-order valence-electron chi connectivity index (χ2n) is 8.14. The molecule has 0 aliphatic carbocycles. The number of rotatable bonds is 1. The molecule has 1 aromatic carbocycles. The van der Waals surface area contributed by atoms with Gasteiger partial charge in [0.25, 0.3) is 0 Å². The third-order valence-electron chi connectivity index (χ3n) is 5.15. The number of para-hydroxylation sites is 1. The molecule has 0 saturated carbocycles. The zero-order valence-corrected chi connectivity index (χ0v) is 15.5. The Morgan fingerprint density at radius 2 is 2.04 bits per heavy atom. The molecule has 0 unspecified atom stereocenters. The number of nitrogens with one attached hydrogen (secondary N) is 2. The van der Waals surface area contributed by atoms with Gasteiger partial charge in [0, 0.05) is 29.6 Å². The van der Waals surface area contributed by atoms with Crippen LogP contribution in [0.25, 0.3) is 10.9 Å². The maximum absolute atomic E-state index is 12.5.